The molecule has 1 rings (SSSR count). The van der Waals surface area contributed by atoms with Crippen LogP contribution in [0, 0.1) is 16.7 Å². The van der Waals surface area contributed by atoms with Gasteiger partial charge in [0, 0.05) is 7.11 Å². The summed E-state index contributed by atoms with van der Waals surface area (Å²) in [7, 11) is 4.38. The zero-order valence-corrected chi connectivity index (χ0v) is 16.5. The van der Waals surface area contributed by atoms with E-state index in [1.807, 2.05) is 0 Å². The van der Waals surface area contributed by atoms with Crippen LogP contribution in [-0.2, 0) is 19.0 Å². The minimum Gasteiger partial charge on any atom is -0.481 e. The van der Waals surface area contributed by atoms with Crippen molar-refractivity contribution in [1.82, 2.24) is 9.97 Å². The highest BCUT2D eigenvalue weighted by Crippen LogP contribution is 2.36. The van der Waals surface area contributed by atoms with Crippen LogP contribution in [0.15, 0.2) is 11.2 Å². The van der Waals surface area contributed by atoms with E-state index in [1.165, 1.54) is 27.4 Å². The normalized spacial score (nSPS) is 13.4. The van der Waals surface area contributed by atoms with E-state index in [0.717, 1.165) is 11.8 Å². The zero-order chi connectivity index (χ0) is 19.7. The molecule has 0 aliphatic heterocycles. The molecule has 2 unspecified atom stereocenters. The Morgan fingerprint density at radius 1 is 1.27 bits per heavy atom. The van der Waals surface area contributed by atoms with Crippen LogP contribution in [-0.4, -0.2) is 55.6 Å². The predicted octanol–water partition coefficient (Wildman–Crippen LogP) is 2.01. The molecular weight excluding hydrogens is 362 g/mol. The number of nitriles is 1. The van der Waals surface area contributed by atoms with Gasteiger partial charge in [-0.1, -0.05) is 11.8 Å². The second kappa shape index (κ2) is 10.2. The summed E-state index contributed by atoms with van der Waals surface area (Å²) in [5, 5.41) is 8.75. The fourth-order valence-electron chi connectivity index (χ4n) is 1.63. The molecule has 144 valence electrons. The van der Waals surface area contributed by atoms with E-state index in [1.54, 1.807) is 20.8 Å². The molecule has 26 heavy (non-hydrogen) atoms. The van der Waals surface area contributed by atoms with Gasteiger partial charge < -0.3 is 23.7 Å². The van der Waals surface area contributed by atoms with Crippen molar-refractivity contribution in [3.05, 3.63) is 6.07 Å². The van der Waals surface area contributed by atoms with Gasteiger partial charge in [0.25, 0.3) is 0 Å². The van der Waals surface area contributed by atoms with Gasteiger partial charge in [0.05, 0.1) is 31.8 Å². The van der Waals surface area contributed by atoms with Gasteiger partial charge in [-0.05, 0) is 20.8 Å². The van der Waals surface area contributed by atoms with Crippen molar-refractivity contribution in [2.24, 2.45) is 5.41 Å². The first-order valence-corrected chi connectivity index (χ1v) is 8.51. The highest BCUT2D eigenvalue weighted by Gasteiger charge is 2.39. The first kappa shape index (κ1) is 22.0. The molecule has 0 N–H and O–H groups in total. The maximum atomic E-state index is 12.5. The highest BCUT2D eigenvalue weighted by atomic mass is 32.2. The average Bonchev–Trinajstić information content (AvgIpc) is 2.65. The van der Waals surface area contributed by atoms with Gasteiger partial charge in [-0.25, -0.2) is 0 Å². The number of thioether (sulfide) groups is 1. The summed E-state index contributed by atoms with van der Waals surface area (Å²) in [6.07, 6.45) is -0.524. The van der Waals surface area contributed by atoms with E-state index in [2.05, 4.69) is 16.0 Å². The van der Waals surface area contributed by atoms with Crippen molar-refractivity contribution in [2.45, 2.75) is 37.5 Å². The van der Waals surface area contributed by atoms with Gasteiger partial charge in [-0.2, -0.15) is 15.2 Å². The summed E-state index contributed by atoms with van der Waals surface area (Å²) in [4.78, 5) is 20.8. The van der Waals surface area contributed by atoms with Crippen molar-refractivity contribution < 1.29 is 28.5 Å². The van der Waals surface area contributed by atoms with Crippen LogP contribution in [0.5, 0.6) is 11.8 Å². The van der Waals surface area contributed by atoms with Crippen molar-refractivity contribution in [1.29, 1.82) is 5.26 Å². The number of ether oxygens (including phenoxy) is 5. The SMILES string of the molecule is COc1cc(OC)nc(SC(C(=O)OCOC(C)OC)C(C)(C)C#N)n1. The summed E-state index contributed by atoms with van der Waals surface area (Å²) in [5.74, 6) is -0.0767. The number of methoxy groups -OCH3 is 3. The lowest BCUT2D eigenvalue weighted by atomic mass is 9.91. The number of carbonyl (C=O) groups is 1. The number of hydrogen-bond donors (Lipinski definition) is 0. The van der Waals surface area contributed by atoms with Crippen molar-refractivity contribution in [2.75, 3.05) is 28.1 Å². The van der Waals surface area contributed by atoms with Gasteiger partial charge in [0.15, 0.2) is 18.2 Å². The van der Waals surface area contributed by atoms with Crippen LogP contribution in [0.1, 0.15) is 20.8 Å². The molecule has 9 nitrogen and oxygen atoms in total. The maximum Gasteiger partial charge on any atom is 0.323 e. The van der Waals surface area contributed by atoms with E-state index < -0.39 is 22.9 Å². The highest BCUT2D eigenvalue weighted by molar-refractivity contribution is 8.00. The average molecular weight is 385 g/mol. The Bertz CT molecular complexity index is 627. The molecule has 1 heterocycles. The summed E-state index contributed by atoms with van der Waals surface area (Å²) < 4.78 is 25.4. The molecule has 1 aromatic heterocycles. The van der Waals surface area contributed by atoms with E-state index in [4.69, 9.17) is 23.7 Å². The molecule has 0 saturated heterocycles. The fourth-order valence-corrected chi connectivity index (χ4v) is 2.64. The maximum absolute atomic E-state index is 12.5. The Hall–Kier alpha value is -2.09. The van der Waals surface area contributed by atoms with Crippen LogP contribution >= 0.6 is 11.8 Å². The van der Waals surface area contributed by atoms with E-state index in [0.29, 0.717) is 0 Å². The number of hydrogen-bond acceptors (Lipinski definition) is 10. The van der Waals surface area contributed by atoms with Crippen molar-refractivity contribution >= 4 is 17.7 Å². The smallest absolute Gasteiger partial charge is 0.323 e. The molecule has 10 heteroatoms. The monoisotopic (exact) mass is 385 g/mol. The van der Waals surface area contributed by atoms with Gasteiger partial charge in [-0.15, -0.1) is 0 Å². The van der Waals surface area contributed by atoms with Gasteiger partial charge in [0.1, 0.15) is 5.25 Å². The first-order valence-electron chi connectivity index (χ1n) is 7.63. The molecule has 0 saturated carbocycles. The number of carbonyl (C=O) groups excluding carboxylic acids is 1. The number of esters is 1. The molecule has 0 aliphatic carbocycles. The van der Waals surface area contributed by atoms with E-state index >= 15 is 0 Å². The molecule has 0 amide bonds. The molecule has 0 aliphatic rings. The molecule has 0 spiro atoms. The quantitative estimate of drug-likeness (QED) is 0.256. The molecule has 0 aromatic carbocycles. The van der Waals surface area contributed by atoms with Crippen molar-refractivity contribution in [3.8, 4) is 17.8 Å². The lowest BCUT2D eigenvalue weighted by Crippen LogP contribution is -2.35. The zero-order valence-electron chi connectivity index (χ0n) is 15.6. The third kappa shape index (κ3) is 6.33. The summed E-state index contributed by atoms with van der Waals surface area (Å²) in [6, 6.07) is 3.61. The lowest BCUT2D eigenvalue weighted by Gasteiger charge is -2.25. The molecule has 0 radical (unpaired) electrons. The fraction of sp³-hybridized carbons (Fsp3) is 0.625. The molecular formula is C16H23N3O6S. The Morgan fingerprint density at radius 3 is 2.31 bits per heavy atom. The van der Waals surface area contributed by atoms with E-state index in [-0.39, 0.29) is 23.7 Å². The minimum atomic E-state index is -1.05. The summed E-state index contributed by atoms with van der Waals surface area (Å²) in [5.41, 5.74) is -1.05. The third-order valence-electron chi connectivity index (χ3n) is 3.29. The topological polar surface area (TPSA) is 113 Å². The van der Waals surface area contributed by atoms with Crippen LogP contribution < -0.4 is 9.47 Å². The molecule has 2 atom stereocenters. The number of aromatic nitrogens is 2. The largest absolute Gasteiger partial charge is 0.481 e. The molecule has 0 bridgehead atoms. The Kier molecular flexibility index (Phi) is 8.57. The molecule has 1 aromatic rings. The Balaban J connectivity index is 2.98. The van der Waals surface area contributed by atoms with Gasteiger partial charge in [-0.3, -0.25) is 4.79 Å². The number of nitrogens with zero attached hydrogens (tertiary/aromatic N) is 3. The van der Waals surface area contributed by atoms with Crippen molar-refractivity contribution in [3.63, 3.8) is 0 Å². The first-order chi connectivity index (χ1) is 12.3. The lowest BCUT2D eigenvalue weighted by molar-refractivity contribution is -0.187. The Morgan fingerprint density at radius 2 is 1.85 bits per heavy atom. The van der Waals surface area contributed by atoms with Crippen LogP contribution in [0.25, 0.3) is 0 Å². The van der Waals surface area contributed by atoms with Crippen LogP contribution in [0.4, 0.5) is 0 Å². The summed E-state index contributed by atoms with van der Waals surface area (Å²) >= 11 is 0.986. The third-order valence-corrected chi connectivity index (χ3v) is 4.70. The van der Waals surface area contributed by atoms with Gasteiger partial charge in [0.2, 0.25) is 11.8 Å². The minimum absolute atomic E-state index is 0.220. The van der Waals surface area contributed by atoms with Crippen LogP contribution in [0.2, 0.25) is 0 Å². The standard InChI is InChI=1S/C16H23N3O6S/c1-10(21-4)24-9-25-14(20)13(16(2,3)8-17)26-15-18-11(22-5)7-12(19-15)23-6/h7,10,13H,9H2,1-6H3. The van der Waals surface area contributed by atoms with E-state index in [9.17, 15) is 10.1 Å². The van der Waals surface area contributed by atoms with Crippen LogP contribution in [0.3, 0.4) is 0 Å². The molecule has 0 fully saturated rings. The Labute approximate surface area is 156 Å². The van der Waals surface area contributed by atoms with Gasteiger partial charge >= 0.3 is 5.97 Å². The summed E-state index contributed by atoms with van der Waals surface area (Å²) in [6.45, 7) is 4.62. The predicted molar refractivity (Wildman–Crippen MR) is 92.7 cm³/mol. The second-order valence-corrected chi connectivity index (χ2v) is 6.69. The second-order valence-electron chi connectivity index (χ2n) is 5.62. The number of rotatable bonds is 10.